The van der Waals surface area contributed by atoms with Crippen LogP contribution in [0.4, 0.5) is 79.0 Å². The summed E-state index contributed by atoms with van der Waals surface area (Å²) >= 11 is 11.8. The number of aromatic amines is 2. The Morgan fingerprint density at radius 2 is 0.647 bits per heavy atom. The van der Waals surface area contributed by atoms with Crippen molar-refractivity contribution < 1.29 is 79.0 Å². The number of rotatable bonds is 4. The van der Waals surface area contributed by atoms with Crippen LogP contribution in [0.5, 0.6) is 0 Å². The van der Waals surface area contributed by atoms with Crippen molar-refractivity contribution in [2.24, 2.45) is 0 Å². The van der Waals surface area contributed by atoms with E-state index in [0.29, 0.717) is 47.8 Å². The van der Waals surface area contributed by atoms with Crippen molar-refractivity contribution in [1.29, 1.82) is 0 Å². The second kappa shape index (κ2) is 17.2. The van der Waals surface area contributed by atoms with Gasteiger partial charge in [-0.05, 0) is 36.4 Å². The van der Waals surface area contributed by atoms with E-state index in [2.05, 4.69) is 29.9 Å². The number of hydrogen-bond donors (Lipinski definition) is 2. The summed E-state index contributed by atoms with van der Waals surface area (Å²) in [6, 6.07) is 13.4. The highest BCUT2D eigenvalue weighted by Crippen LogP contribution is 2.43. The number of hydrogen-bond acceptors (Lipinski definition) is 4. The van der Waals surface area contributed by atoms with Crippen molar-refractivity contribution >= 4 is 45.3 Å². The molecule has 356 valence electrons. The van der Waals surface area contributed by atoms with Gasteiger partial charge in [0.05, 0.1) is 65.8 Å². The lowest BCUT2D eigenvalue weighted by atomic mass is 10.1. The summed E-state index contributed by atoms with van der Waals surface area (Å²) in [7, 11) is 0. The first-order valence-corrected chi connectivity index (χ1v) is 19.1. The molecule has 2 N–H and O–H groups in total. The lowest BCUT2D eigenvalue weighted by Crippen LogP contribution is -2.11. The van der Waals surface area contributed by atoms with Gasteiger partial charge in [0.25, 0.3) is 0 Å². The topological polar surface area (TPSA) is 83.1 Å². The van der Waals surface area contributed by atoms with Gasteiger partial charge in [0.1, 0.15) is 22.7 Å². The standard InChI is InChI=1S/2C21H9ClF9N3/c2*22-14-6-12(20(26,27)28)8-32-16(14)9-1-3-10(4-2-9)18-33-15-7-11(19(23,24)25)5-13(17(15)34-18)21(29,30)31/h2*1-8H,(H,33,34). The molecule has 0 unspecified atom stereocenters. The molecular formula is C42H18Cl2F18N6. The zero-order valence-electron chi connectivity index (χ0n) is 32.6. The number of benzene rings is 4. The molecule has 0 radical (unpaired) electrons. The van der Waals surface area contributed by atoms with Crippen molar-refractivity contribution in [1.82, 2.24) is 29.9 Å². The van der Waals surface area contributed by atoms with E-state index in [1.54, 1.807) is 0 Å². The summed E-state index contributed by atoms with van der Waals surface area (Å²) in [5.41, 5.74) is -9.37. The van der Waals surface area contributed by atoms with Crippen LogP contribution >= 0.6 is 23.2 Å². The third-order valence-electron chi connectivity index (χ3n) is 9.64. The molecule has 26 heteroatoms. The minimum Gasteiger partial charge on any atom is -0.338 e. The van der Waals surface area contributed by atoms with Crippen LogP contribution in [0, 0.1) is 0 Å². The first kappa shape index (κ1) is 49.3. The van der Waals surface area contributed by atoms with Gasteiger partial charge in [-0.25, -0.2) is 9.97 Å². The van der Waals surface area contributed by atoms with Crippen molar-refractivity contribution in [3.8, 4) is 45.3 Å². The summed E-state index contributed by atoms with van der Waals surface area (Å²) in [6.07, 6.45) is -28.2. The average molecular weight is 1020 g/mol. The van der Waals surface area contributed by atoms with Crippen molar-refractivity contribution in [3.05, 3.63) is 141 Å². The van der Waals surface area contributed by atoms with E-state index in [9.17, 15) is 79.0 Å². The van der Waals surface area contributed by atoms with Crippen LogP contribution in [0.1, 0.15) is 33.4 Å². The van der Waals surface area contributed by atoms with Gasteiger partial charge < -0.3 is 9.97 Å². The summed E-state index contributed by atoms with van der Waals surface area (Å²) in [5, 5.41) is -0.554. The Labute approximate surface area is 376 Å². The normalized spacial score (nSPS) is 13.0. The molecule has 8 aromatic rings. The van der Waals surface area contributed by atoms with Crippen LogP contribution in [0.15, 0.2) is 97.3 Å². The van der Waals surface area contributed by atoms with Gasteiger partial charge in [-0.15, -0.1) is 0 Å². The Balaban J connectivity index is 0.000000201. The highest BCUT2D eigenvalue weighted by Gasteiger charge is 2.41. The molecule has 0 aliphatic rings. The molecule has 0 aliphatic heterocycles. The Bertz CT molecular complexity index is 2950. The highest BCUT2D eigenvalue weighted by atomic mass is 35.5. The van der Waals surface area contributed by atoms with Crippen molar-refractivity contribution in [2.45, 2.75) is 37.1 Å². The molecule has 0 fully saturated rings. The van der Waals surface area contributed by atoms with Gasteiger partial charge in [0.2, 0.25) is 0 Å². The number of H-pyrrole nitrogens is 2. The van der Waals surface area contributed by atoms with Crippen LogP contribution in [0.3, 0.4) is 0 Å². The van der Waals surface area contributed by atoms with E-state index < -0.39 is 92.5 Å². The minimum atomic E-state index is -5.08. The number of imidazole rings is 2. The summed E-state index contributed by atoms with van der Waals surface area (Å²) < 4.78 is 235. The van der Waals surface area contributed by atoms with Gasteiger partial charge in [-0.1, -0.05) is 71.7 Å². The van der Waals surface area contributed by atoms with Gasteiger partial charge in [-0.2, -0.15) is 79.0 Å². The van der Waals surface area contributed by atoms with Crippen LogP contribution < -0.4 is 0 Å². The van der Waals surface area contributed by atoms with E-state index in [4.69, 9.17) is 23.2 Å². The Morgan fingerprint density at radius 1 is 0.353 bits per heavy atom. The lowest BCUT2D eigenvalue weighted by molar-refractivity contribution is -0.143. The second-order valence-electron chi connectivity index (χ2n) is 14.3. The van der Waals surface area contributed by atoms with Crippen LogP contribution in [0.2, 0.25) is 10.0 Å². The minimum absolute atomic E-state index is 0.00563. The molecule has 0 saturated heterocycles. The molecule has 8 rings (SSSR count). The zero-order valence-corrected chi connectivity index (χ0v) is 34.1. The molecule has 0 atom stereocenters. The molecule has 4 aromatic heterocycles. The first-order valence-electron chi connectivity index (χ1n) is 18.3. The molecule has 0 amide bonds. The van der Waals surface area contributed by atoms with Crippen molar-refractivity contribution in [3.63, 3.8) is 0 Å². The number of aromatic nitrogens is 6. The second-order valence-corrected chi connectivity index (χ2v) is 15.1. The predicted octanol–water partition coefficient (Wildman–Crippen LogP) is 16.0. The van der Waals surface area contributed by atoms with E-state index in [-0.39, 0.29) is 56.3 Å². The third kappa shape index (κ3) is 10.4. The maximum Gasteiger partial charge on any atom is 0.418 e. The number of nitrogens with one attached hydrogen (secondary N) is 2. The Hall–Kier alpha value is -6.56. The smallest absolute Gasteiger partial charge is 0.338 e. The fraction of sp³-hybridized carbons (Fsp3) is 0.143. The maximum atomic E-state index is 13.4. The SMILES string of the molecule is FC(F)(F)c1cnc(-c2ccc(-c3nc4c(C(F)(F)F)cc(C(F)(F)F)cc4[nH]3)cc2)c(Cl)c1.FC(F)(F)c1cnc(-c2ccc(-c3nc4c(C(F)(F)F)cc(C(F)(F)F)cc4[nH]3)cc2)c(Cl)c1. The molecule has 0 bridgehead atoms. The number of nitrogens with zero attached hydrogens (tertiary/aromatic N) is 4. The number of pyridine rings is 2. The van der Waals surface area contributed by atoms with E-state index >= 15 is 0 Å². The molecular weight excluding hydrogens is 1000 g/mol. The molecule has 4 heterocycles. The van der Waals surface area contributed by atoms with Crippen LogP contribution in [0.25, 0.3) is 67.4 Å². The molecule has 0 saturated carbocycles. The van der Waals surface area contributed by atoms with E-state index in [1.807, 2.05) is 0 Å². The fourth-order valence-corrected chi connectivity index (χ4v) is 7.00. The third-order valence-corrected chi connectivity index (χ3v) is 10.2. The molecule has 0 aliphatic carbocycles. The van der Waals surface area contributed by atoms with Crippen LogP contribution in [-0.4, -0.2) is 29.9 Å². The molecule has 68 heavy (non-hydrogen) atoms. The maximum absolute atomic E-state index is 13.4. The molecule has 6 nitrogen and oxygen atoms in total. The first-order chi connectivity index (χ1) is 31.3. The zero-order chi connectivity index (χ0) is 50.1. The van der Waals surface area contributed by atoms with Gasteiger partial charge in [-0.3, -0.25) is 9.97 Å². The fourth-order valence-electron chi connectivity index (χ4n) is 6.45. The summed E-state index contributed by atoms with van der Waals surface area (Å²) in [6.45, 7) is 0. The Kier molecular flexibility index (Phi) is 12.5. The number of halogens is 20. The van der Waals surface area contributed by atoms with Crippen molar-refractivity contribution in [2.75, 3.05) is 0 Å². The number of fused-ring (bicyclic) bond motifs is 2. The lowest BCUT2D eigenvalue weighted by Gasteiger charge is -2.11. The predicted molar refractivity (Wildman–Crippen MR) is 210 cm³/mol. The molecule has 4 aromatic carbocycles. The monoisotopic (exact) mass is 1020 g/mol. The van der Waals surface area contributed by atoms with Gasteiger partial charge in [0.15, 0.2) is 0 Å². The van der Waals surface area contributed by atoms with Gasteiger partial charge >= 0.3 is 37.1 Å². The van der Waals surface area contributed by atoms with Crippen LogP contribution in [-0.2, 0) is 37.1 Å². The average Bonchev–Trinajstić information content (AvgIpc) is 3.86. The summed E-state index contributed by atoms with van der Waals surface area (Å²) in [4.78, 5) is 20.0. The van der Waals surface area contributed by atoms with Gasteiger partial charge in [0, 0.05) is 34.6 Å². The largest absolute Gasteiger partial charge is 0.418 e. The highest BCUT2D eigenvalue weighted by molar-refractivity contribution is 6.33. The number of alkyl halides is 18. The van der Waals surface area contributed by atoms with E-state index in [1.165, 1.54) is 48.5 Å². The Morgan fingerprint density at radius 3 is 0.912 bits per heavy atom. The quantitative estimate of drug-likeness (QED) is 0.172. The van der Waals surface area contributed by atoms with E-state index in [0.717, 1.165) is 0 Å². The molecule has 0 spiro atoms. The summed E-state index contributed by atoms with van der Waals surface area (Å²) in [5.74, 6) is -0.282.